The Hall–Kier alpha value is -5.81. The number of methoxy groups -OCH3 is 4. The molecule has 1 N–H and O–H groups in total. The molecule has 5 rings (SSSR count). The van der Waals surface area contributed by atoms with Gasteiger partial charge in [0.15, 0.2) is 34.6 Å². The van der Waals surface area contributed by atoms with Crippen molar-refractivity contribution in [3.63, 3.8) is 0 Å². The van der Waals surface area contributed by atoms with E-state index in [0.717, 1.165) is 29.7 Å². The van der Waals surface area contributed by atoms with Gasteiger partial charge >= 0.3 is 11.9 Å². The number of hydrogen-bond donors (Lipinski definition) is 1. The molecular weight excluding hydrogens is 869 g/mol. The van der Waals surface area contributed by atoms with E-state index in [0.29, 0.717) is 74.7 Å². The lowest BCUT2D eigenvalue weighted by molar-refractivity contribution is -0.141. The number of aliphatic imine (C=N–C) groups is 1. The summed E-state index contributed by atoms with van der Waals surface area (Å²) in [5.41, 5.74) is 1.37. The fraction of sp³-hybridized carbons (Fsp3) is 0.580. The van der Waals surface area contributed by atoms with Crippen LogP contribution in [0.15, 0.2) is 52.9 Å². The van der Waals surface area contributed by atoms with Gasteiger partial charge in [-0.05, 0) is 43.7 Å². The Morgan fingerprint density at radius 3 is 1.85 bits per heavy atom. The van der Waals surface area contributed by atoms with Crippen molar-refractivity contribution < 1.29 is 71.7 Å². The second-order valence-electron chi connectivity index (χ2n) is 17.8. The molecule has 0 bridgehead atoms. The number of Topliss-reactive ketones (excluding diaryl/α,β-unsaturated/α-hetero) is 2. The van der Waals surface area contributed by atoms with Crippen molar-refractivity contribution in [2.45, 2.75) is 99.7 Å². The largest absolute Gasteiger partial charge is 0.515 e. The SMILES string of the molecule is CCOC(=O)C(=CO)C(C)=O.CCOC(=O)C1=CN2C(CC1=O)c1cc(OC)c(OCCCOC)cc1OC[C@H]2C(C)(C)C.COCCCOc1cc2c(cc1OC)C=N[C@H](C(C)(C)C)CO2. The number of fused-ring (bicyclic) bond motifs is 4. The van der Waals surface area contributed by atoms with Crippen LogP contribution in [0.5, 0.6) is 34.5 Å². The molecule has 17 nitrogen and oxygen atoms in total. The molecule has 0 saturated heterocycles. The van der Waals surface area contributed by atoms with Crippen molar-refractivity contribution in [1.82, 2.24) is 4.90 Å². The lowest BCUT2D eigenvalue weighted by Gasteiger charge is -2.43. The number of rotatable bonds is 17. The maximum absolute atomic E-state index is 13.0. The number of nitrogens with zero attached hydrogens (tertiary/aromatic N) is 2. The molecule has 0 fully saturated rings. The fourth-order valence-corrected chi connectivity index (χ4v) is 7.00. The van der Waals surface area contributed by atoms with Gasteiger partial charge in [0.05, 0.1) is 65.0 Å². The number of carbonyl (C=O) groups is 4. The van der Waals surface area contributed by atoms with Crippen molar-refractivity contribution >= 4 is 29.7 Å². The highest BCUT2D eigenvalue weighted by Gasteiger charge is 2.43. The molecule has 0 saturated carbocycles. The minimum atomic E-state index is -0.789. The van der Waals surface area contributed by atoms with Gasteiger partial charge < -0.3 is 57.4 Å². The van der Waals surface area contributed by atoms with Crippen LogP contribution in [-0.4, -0.2) is 133 Å². The number of benzene rings is 2. The van der Waals surface area contributed by atoms with E-state index in [4.69, 9.17) is 47.7 Å². The van der Waals surface area contributed by atoms with Crippen LogP contribution in [0.25, 0.3) is 0 Å². The summed E-state index contributed by atoms with van der Waals surface area (Å²) in [6.07, 6.45) is 5.70. The molecule has 0 amide bonds. The van der Waals surface area contributed by atoms with E-state index in [1.807, 2.05) is 30.5 Å². The normalized spacial score (nSPS) is 17.6. The van der Waals surface area contributed by atoms with Crippen LogP contribution in [0.1, 0.15) is 98.7 Å². The van der Waals surface area contributed by atoms with Gasteiger partial charge in [0.1, 0.15) is 35.9 Å². The van der Waals surface area contributed by atoms with Crippen LogP contribution in [0.3, 0.4) is 0 Å². The van der Waals surface area contributed by atoms with E-state index in [1.165, 1.54) is 6.92 Å². The summed E-state index contributed by atoms with van der Waals surface area (Å²) in [6, 6.07) is 7.25. The van der Waals surface area contributed by atoms with E-state index in [1.54, 1.807) is 48.5 Å². The second-order valence-corrected chi connectivity index (χ2v) is 17.8. The number of aliphatic hydroxyl groups is 1. The number of carbonyl (C=O) groups excluding carboxylic acids is 4. The van der Waals surface area contributed by atoms with Crippen LogP contribution < -0.4 is 28.4 Å². The van der Waals surface area contributed by atoms with Crippen LogP contribution in [0.2, 0.25) is 0 Å². The third-order valence-electron chi connectivity index (χ3n) is 10.8. The monoisotopic (exact) mass is 940 g/mol. The smallest absolute Gasteiger partial charge is 0.344 e. The molecule has 3 atom stereocenters. The molecule has 3 heterocycles. The quantitative estimate of drug-likeness (QED) is 0.0406. The summed E-state index contributed by atoms with van der Waals surface area (Å²) < 4.78 is 54.7. The standard InChI is InChI=1S/C25H35NO7.C18H27NO4.C7H10O4/c1-7-31-24(28)17-14-26-18(12-19(17)27)16-11-21(30-6)22(32-10-8-9-29-5)13-20(16)33-15-23(26)25(2,3)4;1-18(2,3)17-12-23-14-10-16(22-8-6-7-20-4)15(21-5)9-13(14)11-19-17;1-3-11-7(10)6(4-8)5(2)9/h11,13-14,18,23H,7-10,12,15H2,1-6H3;9-11,17H,6-8,12H2,1-5H3;4,8H,3H2,1-2H3/t18?,23-;17-;/m00./s1. The first-order valence-corrected chi connectivity index (χ1v) is 22.5. The van der Waals surface area contributed by atoms with Crippen molar-refractivity contribution in [1.29, 1.82) is 0 Å². The Bertz CT molecular complexity index is 2060. The third-order valence-corrected chi connectivity index (χ3v) is 10.8. The first kappa shape index (κ1) is 55.5. The van der Waals surface area contributed by atoms with Crippen molar-refractivity contribution in [3.05, 3.63) is 59.0 Å². The number of esters is 2. The Kier molecular flexibility index (Phi) is 22.0. The summed E-state index contributed by atoms with van der Waals surface area (Å²) in [7, 11) is 6.56. The number of ether oxygens (including phenoxy) is 10. The van der Waals surface area contributed by atoms with Gasteiger partial charge in [0.25, 0.3) is 0 Å². The van der Waals surface area contributed by atoms with Gasteiger partial charge in [-0.25, -0.2) is 9.59 Å². The summed E-state index contributed by atoms with van der Waals surface area (Å²) in [5.74, 6) is 1.83. The van der Waals surface area contributed by atoms with E-state index in [-0.39, 0.29) is 65.5 Å². The van der Waals surface area contributed by atoms with Crippen molar-refractivity contribution in [3.8, 4) is 34.5 Å². The van der Waals surface area contributed by atoms with E-state index in [9.17, 15) is 19.2 Å². The zero-order chi connectivity index (χ0) is 49.9. The zero-order valence-electron chi connectivity index (χ0n) is 41.6. The lowest BCUT2D eigenvalue weighted by atomic mass is 9.83. The van der Waals surface area contributed by atoms with E-state index in [2.05, 4.69) is 56.2 Å². The summed E-state index contributed by atoms with van der Waals surface area (Å²) in [4.78, 5) is 53.5. The lowest BCUT2D eigenvalue weighted by Crippen LogP contribution is -2.48. The van der Waals surface area contributed by atoms with Gasteiger partial charge in [0.2, 0.25) is 0 Å². The topological polar surface area (TPSA) is 196 Å². The molecule has 17 heteroatoms. The Labute approximate surface area is 395 Å². The van der Waals surface area contributed by atoms with Gasteiger partial charge in [-0.3, -0.25) is 14.6 Å². The van der Waals surface area contributed by atoms with Crippen LogP contribution in [0.4, 0.5) is 0 Å². The molecule has 372 valence electrons. The van der Waals surface area contributed by atoms with Crippen molar-refractivity contribution in [2.75, 3.05) is 81.3 Å². The molecule has 0 aromatic heterocycles. The van der Waals surface area contributed by atoms with Crippen LogP contribution in [-0.2, 0) is 38.1 Å². The number of hydrogen-bond acceptors (Lipinski definition) is 17. The molecule has 2 aromatic carbocycles. The maximum atomic E-state index is 13.0. The first-order chi connectivity index (χ1) is 31.8. The Balaban J connectivity index is 0.000000302. The fourth-order valence-electron chi connectivity index (χ4n) is 7.00. The third kappa shape index (κ3) is 15.9. The van der Waals surface area contributed by atoms with Gasteiger partial charge in [-0.2, -0.15) is 0 Å². The molecule has 1 unspecified atom stereocenters. The second kappa shape index (κ2) is 26.5. The summed E-state index contributed by atoms with van der Waals surface area (Å²) >= 11 is 0. The predicted octanol–water partition coefficient (Wildman–Crippen LogP) is 7.60. The summed E-state index contributed by atoms with van der Waals surface area (Å²) in [6.45, 7) is 21.0. The molecular formula is C50H72N2O15. The highest BCUT2D eigenvalue weighted by Crippen LogP contribution is 2.47. The van der Waals surface area contributed by atoms with Crippen LogP contribution in [0, 0.1) is 10.8 Å². The van der Waals surface area contributed by atoms with E-state index >= 15 is 0 Å². The number of aliphatic hydroxyl groups excluding tert-OH is 1. The van der Waals surface area contributed by atoms with Gasteiger partial charge in [-0.15, -0.1) is 0 Å². The minimum Gasteiger partial charge on any atom is -0.515 e. The molecule has 0 spiro atoms. The molecule has 3 aliphatic heterocycles. The molecule has 0 radical (unpaired) electrons. The van der Waals surface area contributed by atoms with E-state index < -0.39 is 17.7 Å². The number of ketones is 2. The summed E-state index contributed by atoms with van der Waals surface area (Å²) in [5, 5.41) is 8.41. The first-order valence-electron chi connectivity index (χ1n) is 22.5. The van der Waals surface area contributed by atoms with Gasteiger partial charge in [0, 0.05) is 82.4 Å². The minimum absolute atomic E-state index is 0.0577. The Morgan fingerprint density at radius 2 is 1.34 bits per heavy atom. The maximum Gasteiger partial charge on any atom is 0.344 e. The molecule has 2 aromatic rings. The zero-order valence-corrected chi connectivity index (χ0v) is 41.6. The predicted molar refractivity (Wildman–Crippen MR) is 252 cm³/mol. The molecule has 0 aliphatic carbocycles. The molecule has 67 heavy (non-hydrogen) atoms. The van der Waals surface area contributed by atoms with Gasteiger partial charge in [-0.1, -0.05) is 41.5 Å². The highest BCUT2D eigenvalue weighted by atomic mass is 16.5. The average Bonchev–Trinajstić information content (AvgIpc) is 3.58. The average molecular weight is 941 g/mol. The highest BCUT2D eigenvalue weighted by molar-refractivity contribution is 6.18. The molecule has 3 aliphatic rings. The van der Waals surface area contributed by atoms with Crippen LogP contribution >= 0.6 is 0 Å². The Morgan fingerprint density at radius 1 is 0.776 bits per heavy atom. The van der Waals surface area contributed by atoms with Crippen molar-refractivity contribution in [2.24, 2.45) is 15.8 Å².